The Labute approximate surface area is 144 Å². The van der Waals surface area contributed by atoms with Crippen molar-refractivity contribution >= 4 is 11.5 Å². The zero-order valence-corrected chi connectivity index (χ0v) is 13.8. The molecule has 4 rings (SSSR count). The summed E-state index contributed by atoms with van der Waals surface area (Å²) in [7, 11) is 0. The summed E-state index contributed by atoms with van der Waals surface area (Å²) < 4.78 is 32.5. The van der Waals surface area contributed by atoms with Crippen LogP contribution in [0.5, 0.6) is 5.75 Å². The van der Waals surface area contributed by atoms with Crippen LogP contribution < -0.4 is 9.64 Å². The molecule has 130 valence electrons. The van der Waals surface area contributed by atoms with Crippen molar-refractivity contribution in [2.75, 3.05) is 24.6 Å². The Morgan fingerprint density at radius 1 is 1.16 bits per heavy atom. The van der Waals surface area contributed by atoms with Crippen molar-refractivity contribution < 1.29 is 13.5 Å². The van der Waals surface area contributed by atoms with Crippen molar-refractivity contribution in [3.63, 3.8) is 0 Å². The second kappa shape index (κ2) is 6.38. The molecule has 1 saturated heterocycles. The van der Waals surface area contributed by atoms with E-state index in [1.165, 1.54) is 6.33 Å². The van der Waals surface area contributed by atoms with Gasteiger partial charge in [0.2, 0.25) is 0 Å². The summed E-state index contributed by atoms with van der Waals surface area (Å²) in [5.41, 5.74) is 3.49. The topological polar surface area (TPSA) is 50.6 Å². The van der Waals surface area contributed by atoms with E-state index < -0.39 is 12.3 Å². The molecular weight excluding hydrogens is 326 g/mol. The fourth-order valence-corrected chi connectivity index (χ4v) is 3.20. The third kappa shape index (κ3) is 2.94. The number of halogens is 2. The van der Waals surface area contributed by atoms with Gasteiger partial charge in [0, 0.05) is 11.6 Å². The van der Waals surface area contributed by atoms with Crippen LogP contribution in [0.25, 0.3) is 0 Å². The number of fused-ring (bicyclic) bond motifs is 1. The molecule has 1 aromatic heterocycles. The van der Waals surface area contributed by atoms with Gasteiger partial charge in [0.25, 0.3) is 0 Å². The predicted molar refractivity (Wildman–Crippen MR) is 91.0 cm³/mol. The number of anilines is 1. The first kappa shape index (κ1) is 15.9. The first-order valence-electron chi connectivity index (χ1n) is 8.31. The Hall–Kier alpha value is -2.57. The predicted octanol–water partition coefficient (Wildman–Crippen LogP) is 2.72. The fraction of sp³-hybridized carbons (Fsp3) is 0.389. The van der Waals surface area contributed by atoms with Crippen LogP contribution in [0, 0.1) is 0 Å². The number of nitrogens with zero attached hydrogens (tertiary/aromatic N) is 4. The molecule has 5 nitrogen and oxygen atoms in total. The molecule has 1 fully saturated rings. The first-order valence-corrected chi connectivity index (χ1v) is 8.31. The number of aromatic nitrogens is 2. The summed E-state index contributed by atoms with van der Waals surface area (Å²) in [5, 5.41) is 0. The van der Waals surface area contributed by atoms with Gasteiger partial charge in [-0.05, 0) is 24.6 Å². The van der Waals surface area contributed by atoms with E-state index in [-0.39, 0.29) is 13.1 Å². The van der Waals surface area contributed by atoms with Gasteiger partial charge in [-0.1, -0.05) is 6.07 Å². The summed E-state index contributed by atoms with van der Waals surface area (Å²) in [6.45, 7) is 3.13. The van der Waals surface area contributed by atoms with Gasteiger partial charge in [-0.25, -0.2) is 18.7 Å². The second-order valence-electron chi connectivity index (χ2n) is 6.12. The lowest BCUT2D eigenvalue weighted by molar-refractivity contribution is 0.217. The minimum absolute atomic E-state index is 0.00910. The average molecular weight is 344 g/mol. The standard InChI is InChI=1S/C18H18F2N4O/c1-2-25-12-4-3-11-7-21-18(13(11)5-12)16-6-17(23-10-22-16)24-8-14(19)15(20)9-24/h3-6,10,14-15H,2,7-9H2,1H3/t14-,15-/m0/s1. The number of benzene rings is 1. The van der Waals surface area contributed by atoms with Gasteiger partial charge in [-0.15, -0.1) is 0 Å². The van der Waals surface area contributed by atoms with E-state index in [1.54, 1.807) is 11.0 Å². The van der Waals surface area contributed by atoms with Crippen LogP contribution in [0.4, 0.5) is 14.6 Å². The van der Waals surface area contributed by atoms with E-state index in [4.69, 9.17) is 4.74 Å². The van der Waals surface area contributed by atoms with Crippen molar-refractivity contribution in [3.8, 4) is 5.75 Å². The Morgan fingerprint density at radius 3 is 2.72 bits per heavy atom. The molecule has 3 heterocycles. The van der Waals surface area contributed by atoms with Gasteiger partial charge in [0.05, 0.1) is 37.6 Å². The Balaban J connectivity index is 1.64. The molecule has 2 atom stereocenters. The van der Waals surface area contributed by atoms with Crippen molar-refractivity contribution in [1.29, 1.82) is 0 Å². The molecule has 2 aliphatic rings. The molecule has 0 saturated carbocycles. The molecule has 2 aromatic rings. The van der Waals surface area contributed by atoms with E-state index >= 15 is 0 Å². The Kier molecular flexibility index (Phi) is 4.07. The monoisotopic (exact) mass is 344 g/mol. The maximum atomic E-state index is 13.5. The third-order valence-electron chi connectivity index (χ3n) is 4.46. The van der Waals surface area contributed by atoms with Crippen molar-refractivity contribution in [2.45, 2.75) is 25.8 Å². The molecule has 0 bridgehead atoms. The normalized spacial score (nSPS) is 22.0. The third-order valence-corrected chi connectivity index (χ3v) is 4.46. The minimum Gasteiger partial charge on any atom is -0.494 e. The SMILES string of the molecule is CCOc1ccc2c(c1)C(c1cc(N3C[C@H](F)[C@@H](F)C3)ncn1)=NC2. The van der Waals surface area contributed by atoms with Crippen molar-refractivity contribution in [3.05, 3.63) is 47.4 Å². The summed E-state index contributed by atoms with van der Waals surface area (Å²) >= 11 is 0. The van der Waals surface area contributed by atoms with Crippen LogP contribution in [0.2, 0.25) is 0 Å². The molecule has 0 aliphatic carbocycles. The average Bonchev–Trinajstić information content (AvgIpc) is 3.19. The van der Waals surface area contributed by atoms with Crippen LogP contribution in [0.1, 0.15) is 23.7 Å². The zero-order valence-electron chi connectivity index (χ0n) is 13.8. The quantitative estimate of drug-likeness (QED) is 0.856. The number of hydrogen-bond acceptors (Lipinski definition) is 5. The number of alkyl halides is 2. The highest BCUT2D eigenvalue weighted by Gasteiger charge is 2.34. The minimum atomic E-state index is -1.48. The zero-order chi connectivity index (χ0) is 17.4. The van der Waals surface area contributed by atoms with Gasteiger partial charge in [-0.2, -0.15) is 0 Å². The molecule has 7 heteroatoms. The Bertz CT molecular complexity index is 816. The van der Waals surface area contributed by atoms with Gasteiger partial charge < -0.3 is 9.64 Å². The van der Waals surface area contributed by atoms with E-state index in [2.05, 4.69) is 15.0 Å². The molecule has 1 aromatic carbocycles. The van der Waals surface area contributed by atoms with E-state index in [0.29, 0.717) is 24.7 Å². The summed E-state index contributed by atoms with van der Waals surface area (Å²) in [6.07, 6.45) is -1.54. The highest BCUT2D eigenvalue weighted by molar-refractivity contribution is 6.14. The van der Waals surface area contributed by atoms with E-state index in [9.17, 15) is 8.78 Å². The van der Waals surface area contributed by atoms with Crippen LogP contribution >= 0.6 is 0 Å². The molecule has 0 unspecified atom stereocenters. The van der Waals surface area contributed by atoms with Crippen LogP contribution in [-0.4, -0.2) is 47.7 Å². The molecule has 0 amide bonds. The molecule has 25 heavy (non-hydrogen) atoms. The van der Waals surface area contributed by atoms with Crippen LogP contribution in [-0.2, 0) is 6.54 Å². The van der Waals surface area contributed by atoms with Crippen molar-refractivity contribution in [1.82, 2.24) is 9.97 Å². The molecule has 2 aliphatic heterocycles. The van der Waals surface area contributed by atoms with E-state index in [1.807, 2.05) is 25.1 Å². The van der Waals surface area contributed by atoms with Crippen LogP contribution in [0.3, 0.4) is 0 Å². The van der Waals surface area contributed by atoms with Gasteiger partial charge >= 0.3 is 0 Å². The van der Waals surface area contributed by atoms with Crippen molar-refractivity contribution in [2.24, 2.45) is 4.99 Å². The highest BCUT2D eigenvalue weighted by atomic mass is 19.2. The summed E-state index contributed by atoms with van der Waals surface area (Å²) in [5.74, 6) is 1.30. The maximum absolute atomic E-state index is 13.5. The number of aliphatic imine (C=N–C) groups is 1. The fourth-order valence-electron chi connectivity index (χ4n) is 3.20. The smallest absolute Gasteiger partial charge is 0.150 e. The molecule has 0 spiro atoms. The van der Waals surface area contributed by atoms with Gasteiger partial charge in [-0.3, -0.25) is 4.99 Å². The lowest BCUT2D eigenvalue weighted by Gasteiger charge is -2.16. The second-order valence-corrected chi connectivity index (χ2v) is 6.12. The van der Waals surface area contributed by atoms with E-state index in [0.717, 1.165) is 22.6 Å². The molecule has 0 radical (unpaired) electrons. The summed E-state index contributed by atoms with van der Waals surface area (Å²) in [4.78, 5) is 14.7. The lowest BCUT2D eigenvalue weighted by Crippen LogP contribution is -2.22. The lowest BCUT2D eigenvalue weighted by atomic mass is 10.0. The largest absolute Gasteiger partial charge is 0.494 e. The number of ether oxygens (including phenoxy) is 1. The number of hydrogen-bond donors (Lipinski definition) is 0. The highest BCUT2D eigenvalue weighted by Crippen LogP contribution is 2.28. The van der Waals surface area contributed by atoms with Crippen LogP contribution in [0.15, 0.2) is 35.6 Å². The Morgan fingerprint density at radius 2 is 1.96 bits per heavy atom. The molecular formula is C18H18F2N4O. The first-order chi connectivity index (χ1) is 12.2. The number of rotatable bonds is 4. The van der Waals surface area contributed by atoms with Gasteiger partial charge in [0.15, 0.2) is 12.3 Å². The summed E-state index contributed by atoms with van der Waals surface area (Å²) in [6, 6.07) is 7.63. The molecule has 0 N–H and O–H groups in total. The maximum Gasteiger partial charge on any atom is 0.150 e. The van der Waals surface area contributed by atoms with Gasteiger partial charge in [0.1, 0.15) is 17.9 Å².